The highest BCUT2D eigenvalue weighted by Gasteiger charge is 2.11. The molecular weight excluding hydrogens is 246 g/mol. The minimum absolute atomic E-state index is 0.388. The summed E-state index contributed by atoms with van der Waals surface area (Å²) in [4.78, 5) is 4.10. The third-order valence-corrected chi connectivity index (χ3v) is 3.17. The van der Waals surface area contributed by atoms with Crippen molar-refractivity contribution in [2.24, 2.45) is 0 Å². The maximum Gasteiger partial charge on any atom is 0.150 e. The topological polar surface area (TPSA) is 41.6 Å². The molecule has 0 aliphatic rings. The second-order valence-corrected chi connectivity index (χ2v) is 4.26. The van der Waals surface area contributed by atoms with Gasteiger partial charge in [0.1, 0.15) is 11.8 Å². The van der Waals surface area contributed by atoms with Crippen molar-refractivity contribution in [1.29, 1.82) is 5.26 Å². The Morgan fingerprint density at radius 3 is 2.67 bits per heavy atom. The molecule has 0 N–H and O–H groups in total. The molecule has 3 aromatic rings. The SMILES string of the molecule is N#Cc1nccc2c(Cl)ccc(-n3cccc3)c12. The van der Waals surface area contributed by atoms with Gasteiger partial charge in [-0.15, -0.1) is 0 Å². The van der Waals surface area contributed by atoms with Crippen molar-refractivity contribution in [1.82, 2.24) is 9.55 Å². The molecule has 0 unspecified atom stereocenters. The van der Waals surface area contributed by atoms with E-state index in [0.717, 1.165) is 16.5 Å². The molecule has 0 atom stereocenters. The van der Waals surface area contributed by atoms with Crippen LogP contribution in [0.3, 0.4) is 0 Å². The molecule has 0 amide bonds. The molecule has 0 saturated carbocycles. The number of hydrogen-bond acceptors (Lipinski definition) is 2. The molecule has 3 rings (SSSR count). The summed E-state index contributed by atoms with van der Waals surface area (Å²) < 4.78 is 1.95. The average molecular weight is 254 g/mol. The van der Waals surface area contributed by atoms with Crippen LogP contribution in [0.1, 0.15) is 5.69 Å². The highest BCUT2D eigenvalue weighted by molar-refractivity contribution is 6.36. The van der Waals surface area contributed by atoms with Crippen LogP contribution in [0, 0.1) is 11.3 Å². The van der Waals surface area contributed by atoms with Gasteiger partial charge in [0.25, 0.3) is 0 Å². The molecule has 0 fully saturated rings. The van der Waals surface area contributed by atoms with Gasteiger partial charge in [-0.2, -0.15) is 5.26 Å². The first-order chi connectivity index (χ1) is 8.81. The predicted molar refractivity (Wildman–Crippen MR) is 70.8 cm³/mol. The van der Waals surface area contributed by atoms with E-state index in [9.17, 15) is 5.26 Å². The molecular formula is C14H8ClN3. The fourth-order valence-corrected chi connectivity index (χ4v) is 2.26. The Hall–Kier alpha value is -2.31. The van der Waals surface area contributed by atoms with Crippen LogP contribution in [0.15, 0.2) is 48.9 Å². The summed E-state index contributed by atoms with van der Waals surface area (Å²) in [5, 5.41) is 11.4. The van der Waals surface area contributed by atoms with Gasteiger partial charge in [-0.3, -0.25) is 0 Å². The highest BCUT2D eigenvalue weighted by atomic mass is 35.5. The summed E-state index contributed by atoms with van der Waals surface area (Å²) in [5.41, 5.74) is 1.29. The molecule has 86 valence electrons. The first kappa shape index (κ1) is 10.8. The second-order valence-electron chi connectivity index (χ2n) is 3.85. The quantitative estimate of drug-likeness (QED) is 0.665. The molecule has 0 spiro atoms. The van der Waals surface area contributed by atoms with Crippen molar-refractivity contribution in [2.45, 2.75) is 0 Å². The standard InChI is InChI=1S/C14H8ClN3/c15-11-3-4-13(18-7-1-2-8-18)14-10(11)5-6-17-12(14)9-16/h1-8H. The van der Waals surface area contributed by atoms with Crippen LogP contribution in [0.25, 0.3) is 16.5 Å². The fourth-order valence-electron chi connectivity index (χ4n) is 2.04. The lowest BCUT2D eigenvalue weighted by Gasteiger charge is -2.09. The second kappa shape index (κ2) is 4.17. The summed E-state index contributed by atoms with van der Waals surface area (Å²) in [7, 11) is 0. The number of halogens is 1. The van der Waals surface area contributed by atoms with E-state index >= 15 is 0 Å². The van der Waals surface area contributed by atoms with Crippen LogP contribution in [-0.4, -0.2) is 9.55 Å². The number of aromatic nitrogens is 2. The van der Waals surface area contributed by atoms with E-state index in [0.29, 0.717) is 10.7 Å². The Labute approximate surface area is 109 Å². The number of fused-ring (bicyclic) bond motifs is 1. The Balaban J connectivity index is 2.48. The molecule has 4 heteroatoms. The fraction of sp³-hybridized carbons (Fsp3) is 0. The number of hydrogen-bond donors (Lipinski definition) is 0. The van der Waals surface area contributed by atoms with E-state index in [1.54, 1.807) is 6.20 Å². The van der Waals surface area contributed by atoms with Crippen molar-refractivity contribution < 1.29 is 0 Å². The van der Waals surface area contributed by atoms with E-state index in [1.165, 1.54) is 0 Å². The third-order valence-electron chi connectivity index (χ3n) is 2.84. The zero-order valence-corrected chi connectivity index (χ0v) is 10.1. The zero-order chi connectivity index (χ0) is 12.5. The number of rotatable bonds is 1. The molecule has 3 nitrogen and oxygen atoms in total. The largest absolute Gasteiger partial charge is 0.323 e. The van der Waals surface area contributed by atoms with Gasteiger partial charge in [0.15, 0.2) is 0 Å². The van der Waals surface area contributed by atoms with E-state index < -0.39 is 0 Å². The monoisotopic (exact) mass is 253 g/mol. The molecule has 0 aliphatic heterocycles. The first-order valence-electron chi connectivity index (χ1n) is 5.42. The molecule has 0 aliphatic carbocycles. The predicted octanol–water partition coefficient (Wildman–Crippen LogP) is 3.55. The normalized spacial score (nSPS) is 10.4. The molecule has 2 heterocycles. The van der Waals surface area contributed by atoms with Gasteiger partial charge in [0, 0.05) is 34.4 Å². The summed E-state index contributed by atoms with van der Waals surface area (Å²) in [6, 6.07) is 11.5. The van der Waals surface area contributed by atoms with Crippen LogP contribution in [0.4, 0.5) is 0 Å². The Kier molecular flexibility index (Phi) is 2.51. The lowest BCUT2D eigenvalue weighted by molar-refractivity contribution is 1.09. The number of benzene rings is 1. The lowest BCUT2D eigenvalue weighted by Crippen LogP contribution is -1.95. The van der Waals surface area contributed by atoms with Crippen LogP contribution in [-0.2, 0) is 0 Å². The average Bonchev–Trinajstić information content (AvgIpc) is 2.92. The third kappa shape index (κ3) is 1.55. The van der Waals surface area contributed by atoms with Gasteiger partial charge in [-0.1, -0.05) is 11.6 Å². The summed E-state index contributed by atoms with van der Waals surface area (Å²) in [6.45, 7) is 0. The van der Waals surface area contributed by atoms with Crippen LogP contribution < -0.4 is 0 Å². The molecule has 18 heavy (non-hydrogen) atoms. The zero-order valence-electron chi connectivity index (χ0n) is 9.34. The van der Waals surface area contributed by atoms with Crippen molar-refractivity contribution in [3.05, 3.63) is 59.6 Å². The van der Waals surface area contributed by atoms with Crippen molar-refractivity contribution in [3.8, 4) is 11.8 Å². The van der Waals surface area contributed by atoms with Crippen molar-refractivity contribution in [2.75, 3.05) is 0 Å². The number of pyridine rings is 1. The highest BCUT2D eigenvalue weighted by Crippen LogP contribution is 2.30. The molecule has 0 saturated heterocycles. The van der Waals surface area contributed by atoms with Gasteiger partial charge in [-0.05, 0) is 30.3 Å². The van der Waals surface area contributed by atoms with E-state index in [4.69, 9.17) is 11.6 Å². The molecule has 0 bridgehead atoms. The Bertz CT molecular complexity index is 755. The van der Waals surface area contributed by atoms with Gasteiger partial charge in [0.2, 0.25) is 0 Å². The summed E-state index contributed by atoms with van der Waals surface area (Å²) >= 11 is 6.17. The van der Waals surface area contributed by atoms with Gasteiger partial charge in [0.05, 0.1) is 5.69 Å². The van der Waals surface area contributed by atoms with Gasteiger partial charge in [-0.25, -0.2) is 4.98 Å². The molecule has 2 aromatic heterocycles. The Morgan fingerprint density at radius 2 is 1.94 bits per heavy atom. The molecule has 0 radical (unpaired) electrons. The van der Waals surface area contributed by atoms with E-state index in [1.807, 2.05) is 47.3 Å². The van der Waals surface area contributed by atoms with Crippen LogP contribution >= 0.6 is 11.6 Å². The van der Waals surface area contributed by atoms with Gasteiger partial charge >= 0.3 is 0 Å². The van der Waals surface area contributed by atoms with E-state index in [2.05, 4.69) is 11.1 Å². The Morgan fingerprint density at radius 1 is 1.17 bits per heavy atom. The number of nitriles is 1. The van der Waals surface area contributed by atoms with Crippen molar-refractivity contribution in [3.63, 3.8) is 0 Å². The molecule has 1 aromatic carbocycles. The summed E-state index contributed by atoms with van der Waals surface area (Å²) in [6.07, 6.45) is 5.46. The van der Waals surface area contributed by atoms with Crippen molar-refractivity contribution >= 4 is 22.4 Å². The number of nitrogens with zero attached hydrogens (tertiary/aromatic N) is 3. The smallest absolute Gasteiger partial charge is 0.150 e. The first-order valence-corrected chi connectivity index (χ1v) is 5.80. The minimum Gasteiger partial charge on any atom is -0.323 e. The maximum absolute atomic E-state index is 9.18. The minimum atomic E-state index is 0.388. The van der Waals surface area contributed by atoms with Crippen LogP contribution in [0.2, 0.25) is 5.02 Å². The van der Waals surface area contributed by atoms with Crippen LogP contribution in [0.5, 0.6) is 0 Å². The van der Waals surface area contributed by atoms with Gasteiger partial charge < -0.3 is 4.57 Å². The maximum atomic E-state index is 9.18. The van der Waals surface area contributed by atoms with E-state index in [-0.39, 0.29) is 0 Å². The summed E-state index contributed by atoms with van der Waals surface area (Å²) in [5.74, 6) is 0. The lowest BCUT2D eigenvalue weighted by atomic mass is 10.1.